The van der Waals surface area contributed by atoms with Crippen LogP contribution in [0.15, 0.2) is 43.0 Å². The van der Waals surface area contributed by atoms with Crippen LogP contribution in [-0.4, -0.2) is 22.6 Å². The number of pyridine rings is 2. The molecule has 19 heavy (non-hydrogen) atoms. The summed E-state index contributed by atoms with van der Waals surface area (Å²) in [6.45, 7) is 3.05. The predicted molar refractivity (Wildman–Crippen MR) is 77.8 cm³/mol. The largest absolute Gasteiger partial charge is 0.398 e. The number of anilines is 1. The Balaban J connectivity index is 2.06. The van der Waals surface area contributed by atoms with Crippen molar-refractivity contribution in [1.29, 1.82) is 0 Å². The zero-order chi connectivity index (χ0) is 13.5. The van der Waals surface area contributed by atoms with E-state index in [2.05, 4.69) is 28.3 Å². The van der Waals surface area contributed by atoms with Crippen LogP contribution in [0.2, 0.25) is 0 Å². The predicted octanol–water partition coefficient (Wildman–Crippen LogP) is 1.82. The molecule has 0 amide bonds. The Labute approximate surface area is 114 Å². The third-order valence-electron chi connectivity index (χ3n) is 3.11. The van der Waals surface area contributed by atoms with Crippen LogP contribution in [0.3, 0.4) is 0 Å². The van der Waals surface area contributed by atoms with Gasteiger partial charge < -0.3 is 11.1 Å². The average Bonchev–Trinajstić information content (AvgIpc) is 2.43. The fraction of sp³-hybridized carbons (Fsp3) is 0.333. The first-order valence-corrected chi connectivity index (χ1v) is 6.60. The first-order valence-electron chi connectivity index (χ1n) is 6.60. The normalized spacial score (nSPS) is 12.3. The van der Waals surface area contributed by atoms with E-state index in [9.17, 15) is 0 Å². The molecule has 1 atom stereocenters. The van der Waals surface area contributed by atoms with Crippen LogP contribution in [0.5, 0.6) is 0 Å². The van der Waals surface area contributed by atoms with Gasteiger partial charge in [-0.05, 0) is 42.6 Å². The van der Waals surface area contributed by atoms with Crippen LogP contribution < -0.4 is 11.1 Å². The van der Waals surface area contributed by atoms with Gasteiger partial charge in [0.1, 0.15) is 0 Å². The topological polar surface area (TPSA) is 63.8 Å². The Morgan fingerprint density at radius 2 is 2.00 bits per heavy atom. The first-order chi connectivity index (χ1) is 9.29. The van der Waals surface area contributed by atoms with Gasteiger partial charge in [0, 0.05) is 36.5 Å². The summed E-state index contributed by atoms with van der Waals surface area (Å²) in [5, 5.41) is 3.50. The van der Waals surface area contributed by atoms with E-state index >= 15 is 0 Å². The van der Waals surface area contributed by atoms with Crippen molar-refractivity contribution in [3.8, 4) is 0 Å². The molecule has 4 heteroatoms. The molecule has 0 aliphatic carbocycles. The Bertz CT molecular complexity index is 499. The number of likely N-dealkylation sites (N-methyl/N-ethyl adjacent to an activating group) is 1. The second-order valence-corrected chi connectivity index (χ2v) is 4.60. The van der Waals surface area contributed by atoms with Crippen LogP contribution in [-0.2, 0) is 12.8 Å². The summed E-state index contributed by atoms with van der Waals surface area (Å²) >= 11 is 0. The molecule has 0 spiro atoms. The van der Waals surface area contributed by atoms with E-state index < -0.39 is 0 Å². The van der Waals surface area contributed by atoms with E-state index in [4.69, 9.17) is 5.73 Å². The van der Waals surface area contributed by atoms with Gasteiger partial charge in [-0.2, -0.15) is 0 Å². The van der Waals surface area contributed by atoms with Crippen molar-refractivity contribution in [3.05, 3.63) is 54.1 Å². The molecular formula is C15H20N4. The van der Waals surface area contributed by atoms with Crippen molar-refractivity contribution in [2.45, 2.75) is 25.8 Å². The lowest BCUT2D eigenvalue weighted by atomic mass is 10.00. The molecule has 0 aliphatic heterocycles. The number of rotatable bonds is 6. The van der Waals surface area contributed by atoms with Gasteiger partial charge in [-0.25, -0.2) is 0 Å². The van der Waals surface area contributed by atoms with Crippen LogP contribution in [0.4, 0.5) is 5.69 Å². The third kappa shape index (κ3) is 4.03. The number of nitrogen functional groups attached to an aromatic ring is 1. The van der Waals surface area contributed by atoms with E-state index in [1.54, 1.807) is 12.4 Å². The second-order valence-electron chi connectivity index (χ2n) is 4.60. The summed E-state index contributed by atoms with van der Waals surface area (Å²) in [6, 6.07) is 6.27. The van der Waals surface area contributed by atoms with Crippen molar-refractivity contribution in [3.63, 3.8) is 0 Å². The number of hydrogen-bond donors (Lipinski definition) is 2. The maximum absolute atomic E-state index is 5.98. The second kappa shape index (κ2) is 6.85. The van der Waals surface area contributed by atoms with Gasteiger partial charge in [0.15, 0.2) is 0 Å². The van der Waals surface area contributed by atoms with Crippen molar-refractivity contribution in [1.82, 2.24) is 15.3 Å². The maximum atomic E-state index is 5.98. The molecule has 2 aromatic rings. The van der Waals surface area contributed by atoms with Crippen LogP contribution in [0.25, 0.3) is 0 Å². The molecule has 3 N–H and O–H groups in total. The minimum absolute atomic E-state index is 0.348. The number of aromatic nitrogens is 2. The highest BCUT2D eigenvalue weighted by Gasteiger charge is 2.11. The number of nitrogens with one attached hydrogen (secondary N) is 1. The SMILES string of the molecule is CCNC(Cc1cccnc1)Cc1cnccc1N. The molecule has 2 aromatic heterocycles. The van der Waals surface area contributed by atoms with Crippen LogP contribution in [0.1, 0.15) is 18.1 Å². The standard InChI is InChI=1S/C15H20N4/c1-2-19-14(8-12-4-3-6-17-10-12)9-13-11-18-7-5-15(13)16/h3-7,10-11,14,19H,2,8-9H2,1H3,(H2,16,18). The van der Waals surface area contributed by atoms with Crippen LogP contribution >= 0.6 is 0 Å². The Morgan fingerprint density at radius 1 is 1.16 bits per heavy atom. The number of nitrogens with zero attached hydrogens (tertiary/aromatic N) is 2. The highest BCUT2D eigenvalue weighted by molar-refractivity contribution is 5.44. The van der Waals surface area contributed by atoms with E-state index in [1.807, 2.05) is 24.5 Å². The summed E-state index contributed by atoms with van der Waals surface area (Å²) in [5.74, 6) is 0. The number of hydrogen-bond acceptors (Lipinski definition) is 4. The summed E-state index contributed by atoms with van der Waals surface area (Å²) in [7, 11) is 0. The molecule has 2 rings (SSSR count). The summed E-state index contributed by atoms with van der Waals surface area (Å²) in [6.07, 6.45) is 9.10. The quantitative estimate of drug-likeness (QED) is 0.827. The first kappa shape index (κ1) is 13.5. The number of nitrogens with two attached hydrogens (primary N) is 1. The van der Waals surface area contributed by atoms with Gasteiger partial charge >= 0.3 is 0 Å². The van der Waals surface area contributed by atoms with E-state index in [-0.39, 0.29) is 0 Å². The lowest BCUT2D eigenvalue weighted by Crippen LogP contribution is -2.33. The molecule has 0 radical (unpaired) electrons. The van der Waals surface area contributed by atoms with Crippen molar-refractivity contribution in [2.75, 3.05) is 12.3 Å². The maximum Gasteiger partial charge on any atom is 0.0378 e. The smallest absolute Gasteiger partial charge is 0.0378 e. The monoisotopic (exact) mass is 256 g/mol. The minimum Gasteiger partial charge on any atom is -0.398 e. The molecule has 2 heterocycles. The molecule has 4 nitrogen and oxygen atoms in total. The van der Waals surface area contributed by atoms with E-state index in [0.717, 1.165) is 30.6 Å². The summed E-state index contributed by atoms with van der Waals surface area (Å²) in [5.41, 5.74) is 9.11. The molecule has 100 valence electrons. The van der Waals surface area contributed by atoms with Gasteiger partial charge in [-0.1, -0.05) is 13.0 Å². The zero-order valence-corrected chi connectivity index (χ0v) is 11.2. The Kier molecular flexibility index (Phi) is 4.86. The van der Waals surface area contributed by atoms with Crippen molar-refractivity contribution >= 4 is 5.69 Å². The molecule has 1 unspecified atom stereocenters. The third-order valence-corrected chi connectivity index (χ3v) is 3.11. The lowest BCUT2D eigenvalue weighted by Gasteiger charge is -2.18. The minimum atomic E-state index is 0.348. The Hall–Kier alpha value is -1.94. The highest BCUT2D eigenvalue weighted by Crippen LogP contribution is 2.13. The van der Waals surface area contributed by atoms with E-state index in [0.29, 0.717) is 6.04 Å². The lowest BCUT2D eigenvalue weighted by molar-refractivity contribution is 0.521. The zero-order valence-electron chi connectivity index (χ0n) is 11.2. The van der Waals surface area contributed by atoms with Gasteiger partial charge in [0.05, 0.1) is 0 Å². The van der Waals surface area contributed by atoms with E-state index in [1.165, 1.54) is 5.56 Å². The molecule has 0 aliphatic rings. The van der Waals surface area contributed by atoms with Gasteiger partial charge in [-0.3, -0.25) is 9.97 Å². The molecule has 0 saturated heterocycles. The van der Waals surface area contributed by atoms with Gasteiger partial charge in [-0.15, -0.1) is 0 Å². The molecule has 0 fully saturated rings. The molecule has 0 bridgehead atoms. The van der Waals surface area contributed by atoms with Crippen molar-refractivity contribution < 1.29 is 0 Å². The van der Waals surface area contributed by atoms with Crippen LogP contribution in [0, 0.1) is 0 Å². The molecule has 0 saturated carbocycles. The molecule has 0 aromatic carbocycles. The average molecular weight is 256 g/mol. The fourth-order valence-corrected chi connectivity index (χ4v) is 2.18. The van der Waals surface area contributed by atoms with Crippen molar-refractivity contribution in [2.24, 2.45) is 0 Å². The molecular weight excluding hydrogens is 236 g/mol. The summed E-state index contributed by atoms with van der Waals surface area (Å²) in [4.78, 5) is 8.30. The fourth-order valence-electron chi connectivity index (χ4n) is 2.18. The summed E-state index contributed by atoms with van der Waals surface area (Å²) < 4.78 is 0. The van der Waals surface area contributed by atoms with Gasteiger partial charge in [0.2, 0.25) is 0 Å². The van der Waals surface area contributed by atoms with Gasteiger partial charge in [0.25, 0.3) is 0 Å². The highest BCUT2D eigenvalue weighted by atomic mass is 14.9. The Morgan fingerprint density at radius 3 is 2.68 bits per heavy atom.